The van der Waals surface area contributed by atoms with Crippen molar-refractivity contribution in [2.75, 3.05) is 23.9 Å². The van der Waals surface area contributed by atoms with E-state index in [1.165, 1.54) is 0 Å². The Morgan fingerprint density at radius 3 is 2.72 bits per heavy atom. The second kappa shape index (κ2) is 6.97. The van der Waals surface area contributed by atoms with Gasteiger partial charge in [-0.15, -0.1) is 0 Å². The number of hydrogen-bond acceptors (Lipinski definition) is 3. The van der Waals surface area contributed by atoms with Crippen molar-refractivity contribution in [1.82, 2.24) is 0 Å². The van der Waals surface area contributed by atoms with Crippen molar-refractivity contribution in [3.05, 3.63) is 53.6 Å². The zero-order valence-electron chi connectivity index (χ0n) is 14.7. The van der Waals surface area contributed by atoms with Crippen LogP contribution in [0.3, 0.4) is 0 Å². The first-order chi connectivity index (χ1) is 12.0. The number of aryl methyl sites for hydroxylation is 2. The molecule has 2 amide bonds. The van der Waals surface area contributed by atoms with Crippen molar-refractivity contribution >= 4 is 23.2 Å². The lowest BCUT2D eigenvalue weighted by Crippen LogP contribution is -2.28. The first-order valence-corrected chi connectivity index (χ1v) is 8.30. The molecule has 1 atom stereocenters. The minimum absolute atomic E-state index is 0.0472. The lowest BCUT2D eigenvalue weighted by Gasteiger charge is -2.17. The van der Waals surface area contributed by atoms with Crippen LogP contribution >= 0.6 is 0 Å². The Morgan fingerprint density at radius 1 is 1.20 bits per heavy atom. The maximum Gasteiger partial charge on any atom is 0.229 e. The summed E-state index contributed by atoms with van der Waals surface area (Å²) in [5.41, 5.74) is 3.71. The summed E-state index contributed by atoms with van der Waals surface area (Å²) in [6.45, 7) is 4.36. The minimum atomic E-state index is -0.362. The van der Waals surface area contributed by atoms with E-state index in [1.54, 1.807) is 12.0 Å². The third-order valence-corrected chi connectivity index (χ3v) is 4.50. The average Bonchev–Trinajstić information content (AvgIpc) is 2.99. The van der Waals surface area contributed by atoms with Crippen molar-refractivity contribution in [1.29, 1.82) is 0 Å². The van der Waals surface area contributed by atoms with Crippen LogP contribution < -0.4 is 15.0 Å². The third-order valence-electron chi connectivity index (χ3n) is 4.50. The number of rotatable bonds is 4. The molecule has 130 valence electrons. The van der Waals surface area contributed by atoms with Crippen LogP contribution in [-0.2, 0) is 9.59 Å². The van der Waals surface area contributed by atoms with E-state index < -0.39 is 0 Å². The van der Waals surface area contributed by atoms with Crippen LogP contribution in [0.25, 0.3) is 0 Å². The zero-order chi connectivity index (χ0) is 18.0. The lowest BCUT2D eigenvalue weighted by atomic mass is 10.1. The van der Waals surface area contributed by atoms with Crippen molar-refractivity contribution in [2.45, 2.75) is 20.3 Å². The molecule has 1 fully saturated rings. The van der Waals surface area contributed by atoms with Crippen LogP contribution in [-0.4, -0.2) is 25.5 Å². The number of benzene rings is 2. The highest BCUT2D eigenvalue weighted by atomic mass is 16.5. The van der Waals surface area contributed by atoms with Crippen molar-refractivity contribution in [3.63, 3.8) is 0 Å². The lowest BCUT2D eigenvalue weighted by molar-refractivity contribution is -0.122. The molecule has 1 aliphatic rings. The Hall–Kier alpha value is -2.82. The van der Waals surface area contributed by atoms with E-state index in [0.717, 1.165) is 22.5 Å². The molecule has 2 aromatic rings. The van der Waals surface area contributed by atoms with Gasteiger partial charge in [0.05, 0.1) is 13.0 Å². The third kappa shape index (κ3) is 3.65. The molecule has 0 unspecified atom stereocenters. The van der Waals surface area contributed by atoms with Crippen LogP contribution in [0.1, 0.15) is 17.5 Å². The van der Waals surface area contributed by atoms with Gasteiger partial charge in [0.25, 0.3) is 0 Å². The maximum atomic E-state index is 12.6. The van der Waals surface area contributed by atoms with E-state index in [4.69, 9.17) is 4.74 Å². The van der Waals surface area contributed by atoms with Gasteiger partial charge in [-0.25, -0.2) is 0 Å². The number of carbonyl (C=O) groups is 2. The number of amides is 2. The predicted octanol–water partition coefficient (Wildman–Crippen LogP) is 3.30. The van der Waals surface area contributed by atoms with Gasteiger partial charge >= 0.3 is 0 Å². The Kier molecular flexibility index (Phi) is 4.74. The standard InChI is InChI=1S/C20H22N2O3/c1-13-7-8-18(14(2)9-13)21-20(24)15-10-19(23)22(12-15)16-5-4-6-17(11-16)25-3/h4-9,11,15H,10,12H2,1-3H3,(H,21,24)/t15-/m1/s1. The quantitative estimate of drug-likeness (QED) is 0.930. The largest absolute Gasteiger partial charge is 0.497 e. The zero-order valence-corrected chi connectivity index (χ0v) is 14.7. The van der Waals surface area contributed by atoms with E-state index in [9.17, 15) is 9.59 Å². The summed E-state index contributed by atoms with van der Waals surface area (Å²) in [4.78, 5) is 26.6. The molecular formula is C20H22N2O3. The second-order valence-corrected chi connectivity index (χ2v) is 6.41. The fourth-order valence-electron chi connectivity index (χ4n) is 3.10. The monoisotopic (exact) mass is 338 g/mol. The molecule has 0 radical (unpaired) electrons. The van der Waals surface area contributed by atoms with Gasteiger partial charge in [0.1, 0.15) is 5.75 Å². The molecule has 1 aliphatic heterocycles. The van der Waals surface area contributed by atoms with Gasteiger partial charge in [-0.1, -0.05) is 23.8 Å². The highest BCUT2D eigenvalue weighted by molar-refractivity contribution is 6.03. The first-order valence-electron chi connectivity index (χ1n) is 8.30. The Balaban J connectivity index is 1.72. The van der Waals surface area contributed by atoms with E-state index in [-0.39, 0.29) is 24.2 Å². The summed E-state index contributed by atoms with van der Waals surface area (Å²) in [7, 11) is 1.59. The molecule has 1 heterocycles. The molecule has 25 heavy (non-hydrogen) atoms. The molecule has 1 saturated heterocycles. The maximum absolute atomic E-state index is 12.6. The molecule has 5 nitrogen and oxygen atoms in total. The SMILES string of the molecule is COc1cccc(N2C[C@H](C(=O)Nc3ccc(C)cc3C)CC2=O)c1. The second-order valence-electron chi connectivity index (χ2n) is 6.41. The highest BCUT2D eigenvalue weighted by Crippen LogP contribution is 2.29. The van der Waals surface area contributed by atoms with Gasteiger partial charge < -0.3 is 15.0 Å². The molecule has 3 rings (SSSR count). The fourth-order valence-corrected chi connectivity index (χ4v) is 3.10. The van der Waals surface area contributed by atoms with Crippen molar-refractivity contribution in [2.24, 2.45) is 5.92 Å². The molecule has 0 saturated carbocycles. The minimum Gasteiger partial charge on any atom is -0.497 e. The molecule has 0 aliphatic carbocycles. The molecule has 0 aromatic heterocycles. The van der Waals surface area contributed by atoms with Gasteiger partial charge in [-0.3, -0.25) is 9.59 Å². The number of methoxy groups -OCH3 is 1. The molecular weight excluding hydrogens is 316 g/mol. The number of anilines is 2. The molecule has 2 aromatic carbocycles. The van der Waals surface area contributed by atoms with Gasteiger partial charge in [0.2, 0.25) is 11.8 Å². The molecule has 0 bridgehead atoms. The van der Waals surface area contributed by atoms with Gasteiger partial charge in [0.15, 0.2) is 0 Å². The number of nitrogens with one attached hydrogen (secondary N) is 1. The van der Waals surface area contributed by atoms with Crippen LogP contribution in [0.4, 0.5) is 11.4 Å². The molecule has 5 heteroatoms. The number of hydrogen-bond donors (Lipinski definition) is 1. The molecule has 0 spiro atoms. The van der Waals surface area contributed by atoms with Gasteiger partial charge in [-0.05, 0) is 37.6 Å². The Bertz CT molecular complexity index is 816. The van der Waals surface area contributed by atoms with E-state index in [2.05, 4.69) is 5.32 Å². The summed E-state index contributed by atoms with van der Waals surface area (Å²) in [6, 6.07) is 13.2. The van der Waals surface area contributed by atoms with Gasteiger partial charge in [0, 0.05) is 30.4 Å². The predicted molar refractivity (Wildman–Crippen MR) is 98.0 cm³/mol. The molecule has 1 N–H and O–H groups in total. The Labute approximate surface area is 147 Å². The van der Waals surface area contributed by atoms with Crippen LogP contribution in [0.5, 0.6) is 5.75 Å². The summed E-state index contributed by atoms with van der Waals surface area (Å²) in [5.74, 6) is 0.160. The Morgan fingerprint density at radius 2 is 2.00 bits per heavy atom. The normalized spacial score (nSPS) is 16.8. The highest BCUT2D eigenvalue weighted by Gasteiger charge is 2.35. The summed E-state index contributed by atoms with van der Waals surface area (Å²) in [5, 5.41) is 2.95. The van der Waals surface area contributed by atoms with Crippen LogP contribution in [0, 0.1) is 19.8 Å². The first kappa shape index (κ1) is 17.0. The summed E-state index contributed by atoms with van der Waals surface area (Å²) in [6.07, 6.45) is 0.216. The van der Waals surface area contributed by atoms with E-state index in [0.29, 0.717) is 12.3 Å². The average molecular weight is 338 g/mol. The van der Waals surface area contributed by atoms with Crippen molar-refractivity contribution in [3.8, 4) is 5.75 Å². The number of carbonyl (C=O) groups excluding carboxylic acids is 2. The number of nitrogens with zero attached hydrogens (tertiary/aromatic N) is 1. The van der Waals surface area contributed by atoms with E-state index in [1.807, 2.05) is 56.3 Å². The van der Waals surface area contributed by atoms with Crippen molar-refractivity contribution < 1.29 is 14.3 Å². The topological polar surface area (TPSA) is 58.6 Å². The fraction of sp³-hybridized carbons (Fsp3) is 0.300. The smallest absolute Gasteiger partial charge is 0.229 e. The van der Waals surface area contributed by atoms with Gasteiger partial charge in [-0.2, -0.15) is 0 Å². The summed E-state index contributed by atoms with van der Waals surface area (Å²) < 4.78 is 5.21. The number of ether oxygens (including phenoxy) is 1. The van der Waals surface area contributed by atoms with E-state index >= 15 is 0 Å². The summed E-state index contributed by atoms with van der Waals surface area (Å²) >= 11 is 0. The van der Waals surface area contributed by atoms with Crippen LogP contribution in [0.15, 0.2) is 42.5 Å². The van der Waals surface area contributed by atoms with Crippen LogP contribution in [0.2, 0.25) is 0 Å².